The summed E-state index contributed by atoms with van der Waals surface area (Å²) in [6.07, 6.45) is 4.28. The molecule has 5 atom stereocenters. The Morgan fingerprint density at radius 3 is 2.70 bits per heavy atom. The lowest BCUT2D eigenvalue weighted by Gasteiger charge is -2.32. The minimum Gasteiger partial charge on any atom is -0.495 e. The van der Waals surface area contributed by atoms with Gasteiger partial charge in [-0.15, -0.1) is 0 Å². The van der Waals surface area contributed by atoms with E-state index in [2.05, 4.69) is 29.4 Å². The number of rotatable bonds is 3. The third-order valence-electron chi connectivity index (χ3n) is 5.92. The minimum atomic E-state index is -0.118. The second-order valence-corrected chi connectivity index (χ2v) is 7.85. The van der Waals surface area contributed by atoms with Crippen molar-refractivity contribution in [2.45, 2.75) is 45.2 Å². The Kier molecular flexibility index (Phi) is 4.65. The van der Waals surface area contributed by atoms with Crippen molar-refractivity contribution < 1.29 is 14.3 Å². The Balaban J connectivity index is 1.54. The highest BCUT2D eigenvalue weighted by Crippen LogP contribution is 2.37. The molecule has 4 aliphatic rings. The largest absolute Gasteiger partial charge is 0.495 e. The smallest absolute Gasteiger partial charge is 0.251 e. The number of hydrogen-bond acceptors (Lipinski definition) is 7. The summed E-state index contributed by atoms with van der Waals surface area (Å²) in [6.45, 7) is 4.77. The molecule has 0 aromatic carbocycles. The fourth-order valence-electron chi connectivity index (χ4n) is 4.50. The van der Waals surface area contributed by atoms with Gasteiger partial charge < -0.3 is 14.9 Å². The van der Waals surface area contributed by atoms with Crippen LogP contribution < -0.4 is 5.43 Å². The zero-order valence-corrected chi connectivity index (χ0v) is 16.3. The maximum atomic E-state index is 13.0. The second-order valence-electron chi connectivity index (χ2n) is 7.85. The number of methoxy groups -OCH3 is 2. The van der Waals surface area contributed by atoms with E-state index in [0.29, 0.717) is 18.8 Å². The minimum absolute atomic E-state index is 0.105. The molecule has 1 saturated heterocycles. The molecule has 0 aromatic heterocycles. The SMILES string of the molecule is COC1=C(OC)N=CC(C2CC(C)C3C(=O)N(C4=NNC(C)C4)CC3=N2)C1. The molecule has 8 nitrogen and oxygen atoms in total. The molecule has 0 aromatic rings. The number of likely N-dealkylation sites (tertiary alicyclic amines) is 1. The fourth-order valence-corrected chi connectivity index (χ4v) is 4.50. The first kappa shape index (κ1) is 18.0. The van der Waals surface area contributed by atoms with Gasteiger partial charge in [-0.2, -0.15) is 5.10 Å². The first-order valence-corrected chi connectivity index (χ1v) is 9.57. The maximum absolute atomic E-state index is 13.0. The van der Waals surface area contributed by atoms with Crippen molar-refractivity contribution in [1.82, 2.24) is 10.3 Å². The van der Waals surface area contributed by atoms with Gasteiger partial charge in [0, 0.05) is 36.7 Å². The normalized spacial score (nSPS) is 35.6. The van der Waals surface area contributed by atoms with E-state index < -0.39 is 0 Å². The van der Waals surface area contributed by atoms with Gasteiger partial charge in [0.25, 0.3) is 5.88 Å². The van der Waals surface area contributed by atoms with Crippen LogP contribution in [0.1, 0.15) is 33.1 Å². The van der Waals surface area contributed by atoms with Crippen molar-refractivity contribution in [1.29, 1.82) is 0 Å². The van der Waals surface area contributed by atoms with Gasteiger partial charge in [0.2, 0.25) is 5.91 Å². The summed E-state index contributed by atoms with van der Waals surface area (Å²) in [5, 5.41) is 4.34. The number of aliphatic imine (C=N–C) groups is 2. The highest BCUT2D eigenvalue weighted by molar-refractivity contribution is 6.18. The molecule has 8 heteroatoms. The van der Waals surface area contributed by atoms with E-state index in [0.717, 1.165) is 30.1 Å². The molecule has 0 spiro atoms. The number of amides is 1. The number of carbonyl (C=O) groups is 1. The number of nitrogens with one attached hydrogen (secondary N) is 1. The van der Waals surface area contributed by atoms with Crippen LogP contribution in [-0.2, 0) is 14.3 Å². The lowest BCUT2D eigenvalue weighted by atomic mass is 9.79. The predicted octanol–water partition coefficient (Wildman–Crippen LogP) is 1.54. The molecule has 5 unspecified atom stereocenters. The van der Waals surface area contributed by atoms with E-state index in [1.165, 1.54) is 0 Å². The summed E-state index contributed by atoms with van der Waals surface area (Å²) in [5.74, 6) is 2.56. The highest BCUT2D eigenvalue weighted by atomic mass is 16.5. The van der Waals surface area contributed by atoms with Gasteiger partial charge in [-0.25, -0.2) is 4.99 Å². The van der Waals surface area contributed by atoms with E-state index in [1.807, 2.05) is 11.1 Å². The molecule has 0 aliphatic carbocycles. The molecule has 4 rings (SSSR count). The molecule has 4 heterocycles. The molecule has 4 aliphatic heterocycles. The highest BCUT2D eigenvalue weighted by Gasteiger charge is 2.47. The van der Waals surface area contributed by atoms with Crippen LogP contribution in [0, 0.1) is 17.8 Å². The van der Waals surface area contributed by atoms with Gasteiger partial charge >= 0.3 is 0 Å². The number of fused-ring (bicyclic) bond motifs is 1. The van der Waals surface area contributed by atoms with Crippen molar-refractivity contribution in [2.24, 2.45) is 32.8 Å². The zero-order chi connectivity index (χ0) is 19.1. The fraction of sp³-hybridized carbons (Fsp3) is 0.684. The average molecular weight is 373 g/mol. The quantitative estimate of drug-likeness (QED) is 0.813. The molecule has 0 saturated carbocycles. The van der Waals surface area contributed by atoms with Crippen LogP contribution in [-0.4, -0.2) is 61.4 Å². The topological polar surface area (TPSA) is 87.9 Å². The molecule has 1 amide bonds. The Morgan fingerprint density at radius 2 is 2.04 bits per heavy atom. The second kappa shape index (κ2) is 6.98. The van der Waals surface area contributed by atoms with E-state index in [-0.39, 0.29) is 35.7 Å². The number of amidine groups is 1. The summed E-state index contributed by atoms with van der Waals surface area (Å²) < 4.78 is 10.7. The van der Waals surface area contributed by atoms with Crippen LogP contribution in [0.3, 0.4) is 0 Å². The summed E-state index contributed by atoms with van der Waals surface area (Å²) >= 11 is 0. The summed E-state index contributed by atoms with van der Waals surface area (Å²) in [6, 6.07) is 0.379. The number of carbonyl (C=O) groups excluding carboxylic acids is 1. The number of nitrogens with zero attached hydrogens (tertiary/aromatic N) is 4. The first-order chi connectivity index (χ1) is 13.0. The zero-order valence-electron chi connectivity index (χ0n) is 16.3. The van der Waals surface area contributed by atoms with Crippen LogP contribution in [0.5, 0.6) is 0 Å². The average Bonchev–Trinajstić information content (AvgIpc) is 3.24. The Labute approximate surface area is 159 Å². The van der Waals surface area contributed by atoms with E-state index in [4.69, 9.17) is 14.5 Å². The first-order valence-electron chi connectivity index (χ1n) is 9.57. The molecule has 0 radical (unpaired) electrons. The van der Waals surface area contributed by atoms with E-state index in [9.17, 15) is 4.79 Å². The molecular formula is C19H27N5O3. The van der Waals surface area contributed by atoms with Crippen molar-refractivity contribution in [2.75, 3.05) is 20.8 Å². The van der Waals surface area contributed by atoms with Crippen molar-refractivity contribution in [3.8, 4) is 0 Å². The van der Waals surface area contributed by atoms with Crippen LogP contribution in [0.25, 0.3) is 0 Å². The van der Waals surface area contributed by atoms with Crippen LogP contribution in [0.15, 0.2) is 26.7 Å². The standard InChI is InChI=1S/C19H27N5O3/c1-10-5-13(12-7-15(26-3)18(27-4)20-8-12)21-14-9-24(19(25)17(10)14)16-6-11(2)22-23-16/h8,10-13,17,22H,5-7,9H2,1-4H3. The number of hydrogen-bond donors (Lipinski definition) is 1. The third kappa shape index (κ3) is 3.11. The summed E-state index contributed by atoms with van der Waals surface area (Å²) in [5.41, 5.74) is 4.03. The molecule has 0 bridgehead atoms. The lowest BCUT2D eigenvalue weighted by Crippen LogP contribution is -2.38. The van der Waals surface area contributed by atoms with Gasteiger partial charge in [-0.3, -0.25) is 14.7 Å². The molecule has 1 fully saturated rings. The monoisotopic (exact) mass is 373 g/mol. The molecular weight excluding hydrogens is 346 g/mol. The van der Waals surface area contributed by atoms with Gasteiger partial charge in [-0.1, -0.05) is 6.92 Å². The third-order valence-corrected chi connectivity index (χ3v) is 5.92. The van der Waals surface area contributed by atoms with Gasteiger partial charge in [0.05, 0.1) is 32.7 Å². The van der Waals surface area contributed by atoms with Crippen LogP contribution in [0.2, 0.25) is 0 Å². The van der Waals surface area contributed by atoms with E-state index in [1.54, 1.807) is 14.2 Å². The van der Waals surface area contributed by atoms with Crippen LogP contribution >= 0.6 is 0 Å². The summed E-state index contributed by atoms with van der Waals surface area (Å²) in [7, 11) is 3.24. The Hall–Kier alpha value is -2.38. The van der Waals surface area contributed by atoms with Crippen LogP contribution in [0.4, 0.5) is 0 Å². The molecule has 27 heavy (non-hydrogen) atoms. The van der Waals surface area contributed by atoms with Gasteiger partial charge in [0.15, 0.2) is 5.76 Å². The molecule has 1 N–H and O–H groups in total. The lowest BCUT2D eigenvalue weighted by molar-refractivity contribution is -0.128. The Bertz CT molecular complexity index is 756. The number of hydrazone groups is 1. The number of allylic oxidation sites excluding steroid dienone is 1. The van der Waals surface area contributed by atoms with Crippen molar-refractivity contribution >= 4 is 23.7 Å². The summed E-state index contributed by atoms with van der Waals surface area (Å²) in [4.78, 5) is 24.2. The molecule has 146 valence electrons. The van der Waals surface area contributed by atoms with Gasteiger partial charge in [-0.05, 0) is 19.3 Å². The Morgan fingerprint density at radius 1 is 1.22 bits per heavy atom. The number of ether oxygens (including phenoxy) is 2. The van der Waals surface area contributed by atoms with Gasteiger partial charge in [0.1, 0.15) is 5.84 Å². The predicted molar refractivity (Wildman–Crippen MR) is 102 cm³/mol. The van der Waals surface area contributed by atoms with Crippen molar-refractivity contribution in [3.05, 3.63) is 11.6 Å². The maximum Gasteiger partial charge on any atom is 0.251 e. The van der Waals surface area contributed by atoms with Crippen molar-refractivity contribution in [3.63, 3.8) is 0 Å². The van der Waals surface area contributed by atoms with E-state index >= 15 is 0 Å².